The van der Waals surface area contributed by atoms with Crippen molar-refractivity contribution in [1.29, 1.82) is 0 Å². The highest BCUT2D eigenvalue weighted by molar-refractivity contribution is 7.09. The molecule has 0 bridgehead atoms. The van der Waals surface area contributed by atoms with Gasteiger partial charge in [-0.25, -0.2) is 4.52 Å². The number of hydrogen-bond acceptors (Lipinski definition) is 4. The van der Waals surface area contributed by atoms with Gasteiger partial charge in [-0.1, -0.05) is 0 Å². The molecule has 0 unspecified atom stereocenters. The summed E-state index contributed by atoms with van der Waals surface area (Å²) >= 11 is 1.62. The first-order chi connectivity index (χ1) is 8.35. The Kier molecular flexibility index (Phi) is 2.45. The van der Waals surface area contributed by atoms with E-state index in [1.807, 2.05) is 23.8 Å². The summed E-state index contributed by atoms with van der Waals surface area (Å²) in [6, 6.07) is 5.58. The lowest BCUT2D eigenvalue weighted by atomic mass is 10.2. The molecule has 0 saturated heterocycles. The molecule has 0 aliphatic heterocycles. The summed E-state index contributed by atoms with van der Waals surface area (Å²) in [5.74, 6) is 0. The van der Waals surface area contributed by atoms with Crippen LogP contribution in [0.4, 0.5) is 0 Å². The van der Waals surface area contributed by atoms with Crippen LogP contribution in [0.3, 0.4) is 0 Å². The fourth-order valence-corrected chi connectivity index (χ4v) is 2.34. The number of carbonyl (C=O) groups excluding carboxylic acids is 1. The summed E-state index contributed by atoms with van der Waals surface area (Å²) in [5.41, 5.74) is 4.41. The monoisotopic (exact) mass is 243 g/mol. The molecule has 5 heteroatoms. The van der Waals surface area contributed by atoms with Gasteiger partial charge in [0, 0.05) is 29.3 Å². The quantitative estimate of drug-likeness (QED) is 0.662. The Morgan fingerprint density at radius 3 is 3.12 bits per heavy atom. The summed E-state index contributed by atoms with van der Waals surface area (Å²) in [4.78, 5) is 15.9. The summed E-state index contributed by atoms with van der Waals surface area (Å²) in [7, 11) is 0. The van der Waals surface area contributed by atoms with Gasteiger partial charge in [0.15, 0.2) is 0 Å². The van der Waals surface area contributed by atoms with Crippen molar-refractivity contribution in [2.75, 3.05) is 0 Å². The van der Waals surface area contributed by atoms with E-state index in [-0.39, 0.29) is 0 Å². The van der Waals surface area contributed by atoms with Crippen LogP contribution < -0.4 is 0 Å². The molecule has 3 aromatic heterocycles. The summed E-state index contributed by atoms with van der Waals surface area (Å²) < 4.78 is 1.78. The first kappa shape index (κ1) is 10.2. The van der Waals surface area contributed by atoms with Crippen LogP contribution in [-0.4, -0.2) is 20.9 Å². The van der Waals surface area contributed by atoms with E-state index >= 15 is 0 Å². The minimum absolute atomic E-state index is 0.668. The van der Waals surface area contributed by atoms with Gasteiger partial charge in [-0.3, -0.25) is 9.78 Å². The predicted octanol–water partition coefficient (Wildman–Crippen LogP) is 2.19. The van der Waals surface area contributed by atoms with Crippen LogP contribution in [0.1, 0.15) is 20.9 Å². The number of aromatic nitrogens is 3. The zero-order chi connectivity index (χ0) is 11.7. The highest BCUT2D eigenvalue weighted by Crippen LogP contribution is 2.14. The standard InChI is InChI=1S/C12H9N3OS/c16-7-9-1-2-15-11(3-9)4-10(14-15)5-12-6-13-8-17-12/h1-4,6-8H,5H2. The summed E-state index contributed by atoms with van der Waals surface area (Å²) in [5, 5.41) is 4.44. The lowest BCUT2D eigenvalue weighted by Crippen LogP contribution is -1.90. The predicted molar refractivity (Wildman–Crippen MR) is 65.5 cm³/mol. The Balaban J connectivity index is 1.98. The molecule has 0 radical (unpaired) electrons. The largest absolute Gasteiger partial charge is 0.298 e. The van der Waals surface area contributed by atoms with E-state index in [9.17, 15) is 4.79 Å². The maximum atomic E-state index is 10.7. The molecule has 3 heterocycles. The van der Waals surface area contributed by atoms with Gasteiger partial charge in [0.25, 0.3) is 0 Å². The van der Waals surface area contributed by atoms with Crippen molar-refractivity contribution < 1.29 is 4.79 Å². The lowest BCUT2D eigenvalue weighted by molar-refractivity contribution is 0.112. The third-order valence-corrected chi connectivity index (χ3v) is 3.29. The van der Waals surface area contributed by atoms with Crippen LogP contribution in [0.15, 0.2) is 36.1 Å². The van der Waals surface area contributed by atoms with Crippen molar-refractivity contribution in [1.82, 2.24) is 14.6 Å². The summed E-state index contributed by atoms with van der Waals surface area (Å²) in [6.07, 6.45) is 5.28. The number of rotatable bonds is 3. The maximum absolute atomic E-state index is 10.7. The first-order valence-electron chi connectivity index (χ1n) is 5.16. The van der Waals surface area contributed by atoms with Gasteiger partial charge >= 0.3 is 0 Å². The molecule has 17 heavy (non-hydrogen) atoms. The molecule has 84 valence electrons. The van der Waals surface area contributed by atoms with Gasteiger partial charge in [0.2, 0.25) is 0 Å². The van der Waals surface area contributed by atoms with Crippen molar-refractivity contribution in [2.24, 2.45) is 0 Å². The molecule has 0 N–H and O–H groups in total. The molecule has 0 spiro atoms. The minimum atomic E-state index is 0.668. The molecule has 0 amide bonds. The van der Waals surface area contributed by atoms with Crippen LogP contribution in [0.25, 0.3) is 5.52 Å². The number of aldehydes is 1. The second kappa shape index (κ2) is 4.10. The number of fused-ring (bicyclic) bond motifs is 1. The van der Waals surface area contributed by atoms with Crippen LogP contribution in [0.5, 0.6) is 0 Å². The highest BCUT2D eigenvalue weighted by atomic mass is 32.1. The molecule has 0 aromatic carbocycles. The fraction of sp³-hybridized carbons (Fsp3) is 0.0833. The summed E-state index contributed by atoms with van der Waals surface area (Å²) in [6.45, 7) is 0. The third-order valence-electron chi connectivity index (χ3n) is 2.51. The molecular weight excluding hydrogens is 234 g/mol. The van der Waals surface area contributed by atoms with Crippen LogP contribution in [-0.2, 0) is 6.42 Å². The number of thiazole rings is 1. The Morgan fingerprint density at radius 1 is 1.41 bits per heavy atom. The molecule has 3 rings (SSSR count). The van der Waals surface area contributed by atoms with Crippen molar-refractivity contribution in [3.63, 3.8) is 0 Å². The van der Waals surface area contributed by atoms with Gasteiger partial charge in [-0.2, -0.15) is 5.10 Å². The van der Waals surface area contributed by atoms with E-state index in [4.69, 9.17) is 0 Å². The van der Waals surface area contributed by atoms with Crippen LogP contribution >= 0.6 is 11.3 Å². The first-order valence-corrected chi connectivity index (χ1v) is 6.04. The van der Waals surface area contributed by atoms with Gasteiger partial charge in [0.1, 0.15) is 6.29 Å². The zero-order valence-electron chi connectivity index (χ0n) is 8.91. The SMILES string of the molecule is O=Cc1ccn2nc(Cc3cncs3)cc2c1. The van der Waals surface area contributed by atoms with E-state index in [1.54, 1.807) is 28.1 Å². The highest BCUT2D eigenvalue weighted by Gasteiger charge is 2.04. The number of carbonyl (C=O) groups is 1. The third kappa shape index (κ3) is 1.97. The van der Waals surface area contributed by atoms with Crippen molar-refractivity contribution in [2.45, 2.75) is 6.42 Å². The molecule has 4 nitrogen and oxygen atoms in total. The van der Waals surface area contributed by atoms with E-state index in [2.05, 4.69) is 10.1 Å². The van der Waals surface area contributed by atoms with E-state index in [0.717, 1.165) is 23.9 Å². The van der Waals surface area contributed by atoms with Crippen molar-refractivity contribution in [3.05, 3.63) is 52.2 Å². The minimum Gasteiger partial charge on any atom is -0.298 e. The molecule has 0 fully saturated rings. The molecule has 0 aliphatic carbocycles. The molecule has 0 atom stereocenters. The topological polar surface area (TPSA) is 47.3 Å². The van der Waals surface area contributed by atoms with Gasteiger partial charge in [-0.15, -0.1) is 11.3 Å². The maximum Gasteiger partial charge on any atom is 0.150 e. The van der Waals surface area contributed by atoms with Crippen molar-refractivity contribution >= 4 is 23.1 Å². The van der Waals surface area contributed by atoms with E-state index in [0.29, 0.717) is 5.56 Å². The van der Waals surface area contributed by atoms with Gasteiger partial charge in [0.05, 0.1) is 16.7 Å². The Bertz CT molecular complexity index is 658. The van der Waals surface area contributed by atoms with Gasteiger partial charge < -0.3 is 0 Å². The van der Waals surface area contributed by atoms with Crippen molar-refractivity contribution in [3.8, 4) is 0 Å². The van der Waals surface area contributed by atoms with E-state index < -0.39 is 0 Å². The Labute approximate surface area is 102 Å². The molecule has 3 aromatic rings. The fourth-order valence-electron chi connectivity index (χ4n) is 1.73. The Hall–Kier alpha value is -2.01. The van der Waals surface area contributed by atoms with Crippen LogP contribution in [0, 0.1) is 0 Å². The number of nitrogens with zero attached hydrogens (tertiary/aromatic N) is 3. The zero-order valence-corrected chi connectivity index (χ0v) is 9.72. The average Bonchev–Trinajstić information content (AvgIpc) is 2.96. The van der Waals surface area contributed by atoms with Gasteiger partial charge in [-0.05, 0) is 18.2 Å². The second-order valence-electron chi connectivity index (χ2n) is 3.73. The number of hydrogen-bond donors (Lipinski definition) is 0. The Morgan fingerprint density at radius 2 is 2.35 bits per heavy atom. The molecule has 0 aliphatic rings. The smallest absolute Gasteiger partial charge is 0.150 e. The number of pyridine rings is 1. The average molecular weight is 243 g/mol. The molecular formula is C12H9N3OS. The van der Waals surface area contributed by atoms with E-state index in [1.165, 1.54) is 4.88 Å². The van der Waals surface area contributed by atoms with Crippen LogP contribution in [0.2, 0.25) is 0 Å². The second-order valence-corrected chi connectivity index (χ2v) is 4.70. The normalized spacial score (nSPS) is 10.8. The molecule has 0 saturated carbocycles. The lowest BCUT2D eigenvalue weighted by Gasteiger charge is -1.92.